The summed E-state index contributed by atoms with van der Waals surface area (Å²) in [4.78, 5) is 11.7. The van der Waals surface area contributed by atoms with Gasteiger partial charge < -0.3 is 5.32 Å². The van der Waals surface area contributed by atoms with E-state index in [1.807, 2.05) is 6.92 Å². The fourth-order valence-electron chi connectivity index (χ4n) is 1.54. The normalized spacial score (nSPS) is 11.3. The molecule has 2 heterocycles. The van der Waals surface area contributed by atoms with Gasteiger partial charge in [-0.15, -0.1) is 0 Å². The molecule has 112 valence electrons. The molecule has 9 heteroatoms. The molecule has 2 aromatic rings. The van der Waals surface area contributed by atoms with E-state index in [-0.39, 0.29) is 16.5 Å². The number of anilines is 1. The first kappa shape index (κ1) is 15.6. The van der Waals surface area contributed by atoms with Crippen LogP contribution in [0, 0.1) is 0 Å². The maximum atomic E-state index is 12.2. The average molecular weight is 328 g/mol. The number of rotatable bonds is 6. The van der Waals surface area contributed by atoms with Gasteiger partial charge >= 0.3 is 0 Å². The summed E-state index contributed by atoms with van der Waals surface area (Å²) >= 11 is 5.99. The first-order valence-corrected chi connectivity index (χ1v) is 8.03. The van der Waals surface area contributed by atoms with Gasteiger partial charge in [0.05, 0.1) is 17.3 Å². The highest BCUT2D eigenvalue weighted by molar-refractivity contribution is 7.89. The van der Waals surface area contributed by atoms with Crippen molar-refractivity contribution in [2.24, 2.45) is 0 Å². The van der Waals surface area contributed by atoms with E-state index in [0.717, 1.165) is 0 Å². The quantitative estimate of drug-likeness (QED) is 0.833. The first-order valence-electron chi connectivity index (χ1n) is 6.17. The fraction of sp³-hybridized carbons (Fsp3) is 0.250. The fourth-order valence-corrected chi connectivity index (χ4v) is 2.81. The maximum Gasteiger partial charge on any atom is 0.242 e. The minimum absolute atomic E-state index is 0.00297. The summed E-state index contributed by atoms with van der Waals surface area (Å²) in [6.45, 7) is 2.61. The second-order valence-electron chi connectivity index (χ2n) is 4.06. The Morgan fingerprint density at radius 1 is 1.33 bits per heavy atom. The third-order valence-corrected chi connectivity index (χ3v) is 4.21. The van der Waals surface area contributed by atoms with Gasteiger partial charge in [-0.2, -0.15) is 0 Å². The third kappa shape index (κ3) is 4.10. The van der Waals surface area contributed by atoms with E-state index in [1.165, 1.54) is 18.6 Å². The van der Waals surface area contributed by atoms with Gasteiger partial charge in [-0.05, 0) is 19.1 Å². The summed E-state index contributed by atoms with van der Waals surface area (Å²) in [7, 11) is -3.70. The molecule has 21 heavy (non-hydrogen) atoms. The van der Waals surface area contributed by atoms with E-state index in [4.69, 9.17) is 11.6 Å². The molecule has 2 rings (SSSR count). The summed E-state index contributed by atoms with van der Waals surface area (Å²) in [5, 5.41) is 3.19. The van der Waals surface area contributed by atoms with Gasteiger partial charge in [-0.1, -0.05) is 11.6 Å². The lowest BCUT2D eigenvalue weighted by molar-refractivity contribution is 0.580. The molecule has 2 aromatic heterocycles. The van der Waals surface area contributed by atoms with Gasteiger partial charge in [-0.25, -0.2) is 28.1 Å². The third-order valence-electron chi connectivity index (χ3n) is 2.56. The Kier molecular flexibility index (Phi) is 5.05. The van der Waals surface area contributed by atoms with Crippen molar-refractivity contribution in [3.63, 3.8) is 0 Å². The molecule has 0 saturated heterocycles. The van der Waals surface area contributed by atoms with Crippen LogP contribution in [0.3, 0.4) is 0 Å². The molecule has 0 radical (unpaired) electrons. The van der Waals surface area contributed by atoms with Gasteiger partial charge in [0.25, 0.3) is 0 Å². The molecule has 0 aliphatic rings. The van der Waals surface area contributed by atoms with Crippen molar-refractivity contribution >= 4 is 27.4 Å². The van der Waals surface area contributed by atoms with Gasteiger partial charge in [-0.3, -0.25) is 0 Å². The molecule has 0 spiro atoms. The first-order chi connectivity index (χ1) is 10.0. The standard InChI is InChI=1S/C12H14ClN5O2S/c1-2-15-12-11(13)5-10(7-16-12)21(19,20)18-6-9-3-4-14-8-17-9/h3-5,7-8,18H,2,6H2,1H3,(H,15,16). The van der Waals surface area contributed by atoms with Crippen molar-refractivity contribution in [3.8, 4) is 0 Å². The number of halogens is 1. The van der Waals surface area contributed by atoms with Gasteiger partial charge in [0.15, 0.2) is 0 Å². The SMILES string of the molecule is CCNc1ncc(S(=O)(=O)NCc2ccncn2)cc1Cl. The molecule has 2 N–H and O–H groups in total. The Morgan fingerprint density at radius 2 is 2.14 bits per heavy atom. The summed E-state index contributed by atoms with van der Waals surface area (Å²) < 4.78 is 26.7. The van der Waals surface area contributed by atoms with E-state index in [2.05, 4.69) is 25.0 Å². The molecule has 0 aromatic carbocycles. The van der Waals surface area contributed by atoms with Crippen molar-refractivity contribution in [2.45, 2.75) is 18.4 Å². The van der Waals surface area contributed by atoms with Crippen LogP contribution >= 0.6 is 11.6 Å². The minimum atomic E-state index is -3.70. The maximum absolute atomic E-state index is 12.2. The second kappa shape index (κ2) is 6.79. The van der Waals surface area contributed by atoms with E-state index in [0.29, 0.717) is 18.1 Å². The van der Waals surface area contributed by atoms with Gasteiger partial charge in [0.1, 0.15) is 17.0 Å². The van der Waals surface area contributed by atoms with E-state index in [9.17, 15) is 8.42 Å². The number of hydrogen-bond donors (Lipinski definition) is 2. The zero-order valence-corrected chi connectivity index (χ0v) is 12.8. The number of pyridine rings is 1. The van der Waals surface area contributed by atoms with Crippen LogP contribution < -0.4 is 10.0 Å². The summed E-state index contributed by atoms with van der Waals surface area (Å²) in [6, 6.07) is 2.98. The topological polar surface area (TPSA) is 96.9 Å². The van der Waals surface area contributed by atoms with E-state index in [1.54, 1.807) is 12.3 Å². The van der Waals surface area contributed by atoms with Crippen molar-refractivity contribution in [1.29, 1.82) is 0 Å². The molecule has 0 amide bonds. The summed E-state index contributed by atoms with van der Waals surface area (Å²) in [6.07, 6.45) is 4.15. The largest absolute Gasteiger partial charge is 0.369 e. The van der Waals surface area contributed by atoms with Crippen LogP contribution in [0.5, 0.6) is 0 Å². The highest BCUT2D eigenvalue weighted by Crippen LogP contribution is 2.22. The molecular weight excluding hydrogens is 314 g/mol. The molecular formula is C12H14ClN5O2S. The highest BCUT2D eigenvalue weighted by Gasteiger charge is 2.16. The Hall–Kier alpha value is -1.77. The minimum Gasteiger partial charge on any atom is -0.369 e. The Bertz CT molecular complexity index is 709. The van der Waals surface area contributed by atoms with Crippen LogP contribution in [0.4, 0.5) is 5.82 Å². The Labute approximate surface area is 127 Å². The number of nitrogens with zero attached hydrogens (tertiary/aromatic N) is 3. The monoisotopic (exact) mass is 327 g/mol. The molecule has 0 atom stereocenters. The lowest BCUT2D eigenvalue weighted by Crippen LogP contribution is -2.24. The molecule has 0 aliphatic carbocycles. The van der Waals surface area contributed by atoms with Crippen LogP contribution in [0.2, 0.25) is 5.02 Å². The Balaban J connectivity index is 2.14. The zero-order valence-electron chi connectivity index (χ0n) is 11.2. The van der Waals surface area contributed by atoms with Crippen molar-refractivity contribution in [2.75, 3.05) is 11.9 Å². The average Bonchev–Trinajstić information content (AvgIpc) is 2.48. The lowest BCUT2D eigenvalue weighted by Gasteiger charge is -2.09. The van der Waals surface area contributed by atoms with Crippen LogP contribution in [0.15, 0.2) is 35.7 Å². The van der Waals surface area contributed by atoms with Crippen LogP contribution in [-0.2, 0) is 16.6 Å². The Morgan fingerprint density at radius 3 is 2.76 bits per heavy atom. The summed E-state index contributed by atoms with van der Waals surface area (Å²) in [5.74, 6) is 0.453. The predicted octanol–water partition coefficient (Wildman–Crippen LogP) is 1.44. The molecule has 0 saturated carbocycles. The van der Waals surface area contributed by atoms with Crippen molar-refractivity contribution in [1.82, 2.24) is 19.7 Å². The van der Waals surface area contributed by atoms with Gasteiger partial charge in [0.2, 0.25) is 10.0 Å². The molecule has 0 fully saturated rings. The molecule has 0 unspecified atom stereocenters. The predicted molar refractivity (Wildman–Crippen MR) is 79.5 cm³/mol. The summed E-state index contributed by atoms with van der Waals surface area (Å²) in [5.41, 5.74) is 0.567. The van der Waals surface area contributed by atoms with E-state index < -0.39 is 10.0 Å². The number of nitrogens with one attached hydrogen (secondary N) is 2. The number of sulfonamides is 1. The van der Waals surface area contributed by atoms with E-state index >= 15 is 0 Å². The number of hydrogen-bond acceptors (Lipinski definition) is 6. The van der Waals surface area contributed by atoms with Crippen LogP contribution in [0.25, 0.3) is 0 Å². The van der Waals surface area contributed by atoms with Crippen LogP contribution in [0.1, 0.15) is 12.6 Å². The molecule has 0 bridgehead atoms. The highest BCUT2D eigenvalue weighted by atomic mass is 35.5. The second-order valence-corrected chi connectivity index (χ2v) is 6.23. The smallest absolute Gasteiger partial charge is 0.242 e. The lowest BCUT2D eigenvalue weighted by atomic mass is 10.4. The zero-order chi connectivity index (χ0) is 15.3. The van der Waals surface area contributed by atoms with Gasteiger partial charge in [0, 0.05) is 18.9 Å². The van der Waals surface area contributed by atoms with Crippen molar-refractivity contribution in [3.05, 3.63) is 41.6 Å². The number of aromatic nitrogens is 3. The van der Waals surface area contributed by atoms with Crippen LogP contribution in [-0.4, -0.2) is 29.9 Å². The molecule has 7 nitrogen and oxygen atoms in total. The molecule has 0 aliphatic heterocycles. The van der Waals surface area contributed by atoms with Crippen molar-refractivity contribution < 1.29 is 8.42 Å².